The molecular weight excluding hydrogens is 423 g/mol. The second-order valence-electron chi connectivity index (χ2n) is 7.57. The van der Waals surface area contributed by atoms with Crippen LogP contribution in [0.1, 0.15) is 0 Å². The predicted octanol–water partition coefficient (Wildman–Crippen LogP) is 5.17. The molecule has 0 amide bonds. The summed E-state index contributed by atoms with van der Waals surface area (Å²) in [6.45, 7) is -1.30. The molecule has 31 heavy (non-hydrogen) atoms. The Balaban J connectivity index is 0.00000272. The van der Waals surface area contributed by atoms with Crippen molar-refractivity contribution in [2.75, 3.05) is 13.3 Å². The van der Waals surface area contributed by atoms with E-state index in [1.807, 2.05) is 84.9 Å². The maximum atomic E-state index is 14.3. The zero-order valence-corrected chi connectivity index (χ0v) is 19.1. The number of carbonyl (C=O) groups is 1. The van der Waals surface area contributed by atoms with Gasteiger partial charge in [-0.05, 0) is 0 Å². The van der Waals surface area contributed by atoms with Crippen LogP contribution in [0.2, 0.25) is 0 Å². The van der Waals surface area contributed by atoms with E-state index >= 15 is 0 Å². The van der Waals surface area contributed by atoms with Crippen molar-refractivity contribution in [3.8, 4) is 5.75 Å². The number of rotatable bonds is 7. The average Bonchev–Trinajstić information content (AvgIpc) is 2.84. The minimum atomic E-state index is -3.46. The number of para-hydroxylation sites is 1. The Bertz CT molecular complexity index is 1020. The molecule has 4 heteroatoms. The van der Waals surface area contributed by atoms with E-state index in [0.29, 0.717) is 5.75 Å². The van der Waals surface area contributed by atoms with Gasteiger partial charge in [-0.25, -0.2) is 0 Å². The molecule has 0 fully saturated rings. The van der Waals surface area contributed by atoms with E-state index in [4.69, 9.17) is 4.74 Å². The Morgan fingerprint density at radius 3 is 1.29 bits per heavy atom. The largest absolute Gasteiger partial charge is 0.147 e. The first-order chi connectivity index (χ1) is 14.6. The maximum Gasteiger partial charge on any atom is -0.147 e. The van der Waals surface area contributed by atoms with Gasteiger partial charge < -0.3 is 0 Å². The van der Waals surface area contributed by atoms with Crippen molar-refractivity contribution in [2.45, 2.75) is 0 Å². The molecule has 0 radical (unpaired) electrons. The van der Waals surface area contributed by atoms with Crippen molar-refractivity contribution >= 4 is 40.4 Å². The number of halogens is 1. The third kappa shape index (κ3) is 3.90. The molecule has 0 saturated carbocycles. The topological polar surface area (TPSA) is 26.3 Å². The van der Waals surface area contributed by atoms with Crippen LogP contribution in [0, 0.1) is 0 Å². The van der Waals surface area contributed by atoms with E-state index in [9.17, 15) is 4.79 Å². The molecule has 4 rings (SSSR count). The molecule has 0 bridgehead atoms. The van der Waals surface area contributed by atoms with Gasteiger partial charge in [-0.15, -0.1) is 12.4 Å². The van der Waals surface area contributed by atoms with Gasteiger partial charge in [0.2, 0.25) is 0 Å². The molecule has 0 spiro atoms. The van der Waals surface area contributed by atoms with Crippen LogP contribution in [0.15, 0.2) is 121 Å². The quantitative estimate of drug-likeness (QED) is 0.364. The molecule has 0 aliphatic rings. The first kappa shape index (κ1) is 22.7. The molecule has 0 N–H and O–H groups in total. The molecule has 0 unspecified atom stereocenters. The Kier molecular flexibility index (Phi) is 6.95. The van der Waals surface area contributed by atoms with Gasteiger partial charge in [0.05, 0.1) is 0 Å². The molecule has 0 atom stereocenters. The van der Waals surface area contributed by atoms with Gasteiger partial charge in [0.1, 0.15) is 0 Å². The number of carbonyl (C=O) groups excluding carboxylic acids is 1. The van der Waals surface area contributed by atoms with E-state index in [-0.39, 0.29) is 24.5 Å². The van der Waals surface area contributed by atoms with E-state index in [0.717, 1.165) is 15.9 Å². The fraction of sp³-hybridized carbons (Fsp3) is 0.0741. The third-order valence-corrected chi connectivity index (χ3v) is 12.1. The molecular formula is C27H26ClO2P. The van der Waals surface area contributed by atoms with Crippen molar-refractivity contribution in [1.82, 2.24) is 0 Å². The second kappa shape index (κ2) is 9.47. The summed E-state index contributed by atoms with van der Waals surface area (Å²) in [7, 11) is 0. The van der Waals surface area contributed by atoms with Crippen LogP contribution in [0.25, 0.3) is 0 Å². The van der Waals surface area contributed by atoms with Crippen LogP contribution in [-0.4, -0.2) is 18.8 Å². The fourth-order valence-corrected chi connectivity index (χ4v) is 9.00. The smallest absolute Gasteiger partial charge is 0.147 e. The molecule has 4 aromatic rings. The van der Waals surface area contributed by atoms with Gasteiger partial charge in [0.15, 0.2) is 0 Å². The summed E-state index contributed by atoms with van der Waals surface area (Å²) in [5.74, 6) is 0.699. The third-order valence-electron chi connectivity index (χ3n) is 5.93. The van der Waals surface area contributed by atoms with Crippen molar-refractivity contribution < 1.29 is 9.53 Å². The minimum Gasteiger partial charge on any atom is -0.147 e. The molecule has 158 valence electrons. The molecule has 0 aliphatic carbocycles. The van der Waals surface area contributed by atoms with Crippen LogP contribution in [-0.2, 0) is 4.79 Å². The monoisotopic (exact) mass is 448 g/mol. The number of benzene rings is 4. The molecule has 2 nitrogen and oxygen atoms in total. The zero-order chi connectivity index (χ0) is 20.9. The Hall–Kier alpha value is -2.93. The first-order valence-corrected chi connectivity index (χ1v) is 12.7. The summed E-state index contributed by atoms with van der Waals surface area (Å²) in [6.07, 6.45) is 0. The fourth-order valence-electron chi connectivity index (χ4n) is 4.10. The maximum absolute atomic E-state index is 14.3. The number of ether oxygens (including phenoxy) is 1. The SMILES string of the molecule is CP(C(=O)COc1ccccc1)(c1ccccc1)(c1ccccc1)c1ccccc1.Cl. The van der Waals surface area contributed by atoms with Crippen molar-refractivity contribution in [3.05, 3.63) is 121 Å². The number of hydrogen-bond donors (Lipinski definition) is 0. The van der Waals surface area contributed by atoms with Crippen LogP contribution >= 0.6 is 19.0 Å². The molecule has 0 aromatic heterocycles. The van der Waals surface area contributed by atoms with Gasteiger partial charge in [0, 0.05) is 0 Å². The molecule has 0 saturated heterocycles. The minimum absolute atomic E-state index is 0. The first-order valence-electron chi connectivity index (χ1n) is 10.0. The molecule has 4 aromatic carbocycles. The Morgan fingerprint density at radius 2 is 0.935 bits per heavy atom. The van der Waals surface area contributed by atoms with E-state index < -0.39 is 6.60 Å². The molecule has 0 heterocycles. The summed E-state index contributed by atoms with van der Waals surface area (Å²) >= 11 is 0. The summed E-state index contributed by atoms with van der Waals surface area (Å²) in [5, 5.41) is 3.13. The summed E-state index contributed by atoms with van der Waals surface area (Å²) in [6, 6.07) is 40.1. The van der Waals surface area contributed by atoms with Gasteiger partial charge in [0.25, 0.3) is 0 Å². The van der Waals surface area contributed by atoms with Crippen molar-refractivity contribution in [3.63, 3.8) is 0 Å². The van der Waals surface area contributed by atoms with E-state index in [2.05, 4.69) is 43.1 Å². The zero-order valence-electron chi connectivity index (χ0n) is 17.4. The van der Waals surface area contributed by atoms with Crippen LogP contribution in [0.5, 0.6) is 5.75 Å². The Labute approximate surface area is 190 Å². The summed E-state index contributed by atoms with van der Waals surface area (Å²) in [4.78, 5) is 14.3. The van der Waals surface area contributed by atoms with Crippen molar-refractivity contribution in [2.24, 2.45) is 0 Å². The van der Waals surface area contributed by atoms with Crippen molar-refractivity contribution in [1.29, 1.82) is 0 Å². The standard InChI is InChI=1S/C27H25O2P.ClH/c1-30(24-16-8-3-9-17-24,25-18-10-4-11-19-25,26-20-12-5-13-21-26)27(28)22-29-23-14-6-2-7-15-23;/h2-21H,22H2,1H3;1H. The van der Waals surface area contributed by atoms with Gasteiger partial charge in [-0.2, -0.15) is 0 Å². The van der Waals surface area contributed by atoms with Gasteiger partial charge in [-0.3, -0.25) is 0 Å². The van der Waals surface area contributed by atoms with Gasteiger partial charge >= 0.3 is 178 Å². The summed E-state index contributed by atoms with van der Waals surface area (Å²) < 4.78 is 5.99. The van der Waals surface area contributed by atoms with Crippen LogP contribution in [0.3, 0.4) is 0 Å². The van der Waals surface area contributed by atoms with E-state index in [1.165, 1.54) is 0 Å². The summed E-state index contributed by atoms with van der Waals surface area (Å²) in [5.41, 5.74) is 0.105. The molecule has 0 aliphatic heterocycles. The normalized spacial score (nSPS) is 12.1. The number of hydrogen-bond acceptors (Lipinski definition) is 2. The van der Waals surface area contributed by atoms with E-state index in [1.54, 1.807) is 0 Å². The Morgan fingerprint density at radius 1 is 0.613 bits per heavy atom. The van der Waals surface area contributed by atoms with Gasteiger partial charge in [-0.1, -0.05) is 0 Å². The second-order valence-corrected chi connectivity index (χ2v) is 12.7. The van der Waals surface area contributed by atoms with Crippen LogP contribution in [0.4, 0.5) is 0 Å². The predicted molar refractivity (Wildman–Crippen MR) is 135 cm³/mol. The van der Waals surface area contributed by atoms with Crippen LogP contribution < -0.4 is 20.7 Å². The average molecular weight is 449 g/mol.